The van der Waals surface area contributed by atoms with E-state index in [0.717, 1.165) is 11.8 Å². The summed E-state index contributed by atoms with van der Waals surface area (Å²) < 4.78 is 0. The maximum atomic E-state index is 2.42. The Morgan fingerprint density at radius 2 is 1.48 bits per heavy atom. The van der Waals surface area contributed by atoms with Gasteiger partial charge in [0.2, 0.25) is 0 Å². The largest absolute Gasteiger partial charge is 0.0654 e. The van der Waals surface area contributed by atoms with Crippen molar-refractivity contribution < 1.29 is 0 Å². The average Bonchev–Trinajstić information content (AvgIpc) is 2.69. The van der Waals surface area contributed by atoms with E-state index in [0.29, 0.717) is 5.92 Å². The van der Waals surface area contributed by atoms with Crippen LogP contribution in [0.3, 0.4) is 0 Å². The predicted octanol–water partition coefficient (Wildman–Crippen LogP) is 8.15. The maximum absolute atomic E-state index is 2.42. The van der Waals surface area contributed by atoms with Crippen molar-refractivity contribution in [1.82, 2.24) is 0 Å². The highest BCUT2D eigenvalue weighted by Crippen LogP contribution is 2.41. The van der Waals surface area contributed by atoms with Crippen LogP contribution < -0.4 is 0 Å². The average molecular weight is 363 g/mol. The van der Waals surface area contributed by atoms with Gasteiger partial charge in [0.1, 0.15) is 0 Å². The zero-order valence-electron chi connectivity index (χ0n) is 18.1. The van der Waals surface area contributed by atoms with Crippen LogP contribution in [0.1, 0.15) is 100 Å². The molecule has 1 aliphatic carbocycles. The highest BCUT2D eigenvalue weighted by atomic mass is 14.3. The third-order valence-corrected chi connectivity index (χ3v) is 7.33. The molecule has 0 bridgehead atoms. The summed E-state index contributed by atoms with van der Waals surface area (Å²) in [6, 6.07) is 18.7. The molecule has 1 saturated carbocycles. The third-order valence-electron chi connectivity index (χ3n) is 7.33. The summed E-state index contributed by atoms with van der Waals surface area (Å²) in [5, 5.41) is 0. The summed E-state index contributed by atoms with van der Waals surface area (Å²) in [5.41, 5.74) is 5.92. The van der Waals surface area contributed by atoms with Gasteiger partial charge >= 0.3 is 0 Å². The van der Waals surface area contributed by atoms with Crippen LogP contribution in [0.25, 0.3) is 0 Å². The molecule has 2 aromatic rings. The molecule has 0 unspecified atom stereocenters. The van der Waals surface area contributed by atoms with Crippen LogP contribution in [-0.4, -0.2) is 0 Å². The normalized spacial score (nSPS) is 21.8. The second-order valence-electron chi connectivity index (χ2n) is 9.48. The van der Waals surface area contributed by atoms with Gasteiger partial charge in [-0.3, -0.25) is 0 Å². The first-order valence-corrected chi connectivity index (χ1v) is 11.1. The number of rotatable bonds is 6. The van der Waals surface area contributed by atoms with Gasteiger partial charge in [0, 0.05) is 0 Å². The molecule has 1 atom stereocenters. The Morgan fingerprint density at radius 1 is 0.889 bits per heavy atom. The summed E-state index contributed by atoms with van der Waals surface area (Å²) >= 11 is 0. The van der Waals surface area contributed by atoms with Crippen LogP contribution >= 0.6 is 0 Å². The van der Waals surface area contributed by atoms with E-state index in [4.69, 9.17) is 0 Å². The fourth-order valence-corrected chi connectivity index (χ4v) is 4.90. The molecular weight excluding hydrogens is 324 g/mol. The van der Waals surface area contributed by atoms with Crippen molar-refractivity contribution in [1.29, 1.82) is 0 Å². The first-order valence-electron chi connectivity index (χ1n) is 11.1. The van der Waals surface area contributed by atoms with Crippen molar-refractivity contribution in [2.45, 2.75) is 90.4 Å². The van der Waals surface area contributed by atoms with Gasteiger partial charge in [-0.1, -0.05) is 94.6 Å². The number of hydrogen-bond donors (Lipinski definition) is 0. The van der Waals surface area contributed by atoms with Crippen molar-refractivity contribution in [2.24, 2.45) is 5.92 Å². The molecule has 0 radical (unpaired) electrons. The second kappa shape index (κ2) is 8.63. The van der Waals surface area contributed by atoms with E-state index in [1.165, 1.54) is 55.2 Å². The molecule has 0 aliphatic heterocycles. The molecule has 27 heavy (non-hydrogen) atoms. The molecule has 0 amide bonds. The van der Waals surface area contributed by atoms with Gasteiger partial charge in [0.15, 0.2) is 0 Å². The van der Waals surface area contributed by atoms with Crippen LogP contribution in [0, 0.1) is 12.8 Å². The van der Waals surface area contributed by atoms with Gasteiger partial charge in [-0.25, -0.2) is 0 Å². The Balaban J connectivity index is 1.69. The SMILES string of the molecule is CCCC1CCC(c2ccc(C(C)(C)[C@H](C)c3ccc(C)cc3)cc2)CC1. The topological polar surface area (TPSA) is 0 Å². The molecule has 0 spiro atoms. The molecule has 0 heteroatoms. The lowest BCUT2D eigenvalue weighted by Gasteiger charge is -2.34. The Hall–Kier alpha value is -1.56. The summed E-state index contributed by atoms with van der Waals surface area (Å²) in [6.07, 6.45) is 8.39. The van der Waals surface area contributed by atoms with Crippen LogP contribution in [0.15, 0.2) is 48.5 Å². The van der Waals surface area contributed by atoms with E-state index < -0.39 is 0 Å². The summed E-state index contributed by atoms with van der Waals surface area (Å²) in [7, 11) is 0. The van der Waals surface area contributed by atoms with E-state index in [1.54, 1.807) is 5.56 Å². The lowest BCUT2D eigenvalue weighted by atomic mass is 9.70. The lowest BCUT2D eigenvalue weighted by Crippen LogP contribution is -2.25. The minimum Gasteiger partial charge on any atom is -0.0654 e. The zero-order chi connectivity index (χ0) is 19.4. The maximum Gasteiger partial charge on any atom is -0.00376 e. The van der Waals surface area contributed by atoms with Crippen LogP contribution in [-0.2, 0) is 5.41 Å². The Morgan fingerprint density at radius 3 is 2.04 bits per heavy atom. The molecule has 0 aromatic heterocycles. The minimum atomic E-state index is 0.132. The first kappa shape index (κ1) is 20.2. The monoisotopic (exact) mass is 362 g/mol. The fourth-order valence-electron chi connectivity index (χ4n) is 4.90. The molecule has 1 fully saturated rings. The number of benzene rings is 2. The molecule has 1 aliphatic rings. The van der Waals surface area contributed by atoms with E-state index >= 15 is 0 Å². The molecular formula is C27H38. The summed E-state index contributed by atoms with van der Waals surface area (Å²) in [4.78, 5) is 0. The first-order chi connectivity index (χ1) is 12.9. The molecule has 0 saturated heterocycles. The van der Waals surface area contributed by atoms with Crippen molar-refractivity contribution in [3.05, 3.63) is 70.8 Å². The molecule has 0 nitrogen and oxygen atoms in total. The highest BCUT2D eigenvalue weighted by Gasteiger charge is 2.29. The summed E-state index contributed by atoms with van der Waals surface area (Å²) in [6.45, 7) is 11.6. The molecule has 0 heterocycles. The zero-order valence-corrected chi connectivity index (χ0v) is 18.1. The van der Waals surface area contributed by atoms with Crippen molar-refractivity contribution >= 4 is 0 Å². The predicted molar refractivity (Wildman–Crippen MR) is 119 cm³/mol. The number of aryl methyl sites for hydroxylation is 1. The van der Waals surface area contributed by atoms with Gasteiger partial charge in [0.05, 0.1) is 0 Å². The Kier molecular flexibility index (Phi) is 6.45. The Labute approximate surface area is 167 Å². The van der Waals surface area contributed by atoms with E-state index in [2.05, 4.69) is 83.1 Å². The van der Waals surface area contributed by atoms with E-state index in [-0.39, 0.29) is 5.41 Å². The smallest absolute Gasteiger partial charge is 0.00376 e. The standard InChI is InChI=1S/C27H38/c1-6-7-22-10-14-24(15-11-22)25-16-18-26(19-17-25)27(4,5)21(3)23-12-8-20(2)9-13-23/h8-9,12-13,16-19,21-22,24H,6-7,10-11,14-15H2,1-5H3/t21-,22?,24?/m1/s1. The quantitative estimate of drug-likeness (QED) is 0.486. The van der Waals surface area contributed by atoms with Crippen molar-refractivity contribution in [2.75, 3.05) is 0 Å². The Bertz CT molecular complexity index is 697. The van der Waals surface area contributed by atoms with Gasteiger partial charge in [-0.15, -0.1) is 0 Å². The molecule has 3 rings (SSSR count). The highest BCUT2D eigenvalue weighted by molar-refractivity contribution is 5.35. The van der Waals surface area contributed by atoms with Crippen LogP contribution in [0.2, 0.25) is 0 Å². The minimum absolute atomic E-state index is 0.132. The molecule has 146 valence electrons. The third kappa shape index (κ3) is 4.65. The van der Waals surface area contributed by atoms with Crippen LogP contribution in [0.4, 0.5) is 0 Å². The fraction of sp³-hybridized carbons (Fsp3) is 0.556. The van der Waals surface area contributed by atoms with E-state index in [1.807, 2.05) is 0 Å². The van der Waals surface area contributed by atoms with Crippen molar-refractivity contribution in [3.8, 4) is 0 Å². The van der Waals surface area contributed by atoms with Crippen LogP contribution in [0.5, 0.6) is 0 Å². The van der Waals surface area contributed by atoms with Gasteiger partial charge < -0.3 is 0 Å². The van der Waals surface area contributed by atoms with Gasteiger partial charge in [-0.2, -0.15) is 0 Å². The summed E-state index contributed by atoms with van der Waals surface area (Å²) in [5.74, 6) is 2.26. The van der Waals surface area contributed by atoms with E-state index in [9.17, 15) is 0 Å². The molecule has 0 N–H and O–H groups in total. The number of hydrogen-bond acceptors (Lipinski definition) is 0. The lowest BCUT2D eigenvalue weighted by molar-refractivity contribution is 0.308. The van der Waals surface area contributed by atoms with Gasteiger partial charge in [-0.05, 0) is 72.5 Å². The molecule has 2 aromatic carbocycles. The van der Waals surface area contributed by atoms with Gasteiger partial charge in [0.25, 0.3) is 0 Å². The van der Waals surface area contributed by atoms with Crippen molar-refractivity contribution in [3.63, 3.8) is 0 Å². The second-order valence-corrected chi connectivity index (χ2v) is 9.48.